The van der Waals surface area contributed by atoms with E-state index in [2.05, 4.69) is 5.28 Å². The van der Waals surface area contributed by atoms with Crippen LogP contribution in [0.1, 0.15) is 5.56 Å². The summed E-state index contributed by atoms with van der Waals surface area (Å²) in [5.41, 5.74) is 0.953. The molecule has 1 rings (SSSR count). The Morgan fingerprint density at radius 3 is 2.43 bits per heavy atom. The zero-order valence-corrected chi connectivity index (χ0v) is 10.3. The molecule has 6 heteroatoms. The minimum atomic E-state index is 0. The van der Waals surface area contributed by atoms with Crippen molar-refractivity contribution in [2.75, 3.05) is 7.05 Å². The smallest absolute Gasteiger partial charge is 0.737 e. The third-order valence-electron chi connectivity index (χ3n) is 1.62. The summed E-state index contributed by atoms with van der Waals surface area (Å²) in [7, 11) is 1.50. The predicted molar refractivity (Wildman–Crippen MR) is 47.3 cm³/mol. The fraction of sp³-hybridized carbons (Fsp3) is 0.250. The maximum Gasteiger partial charge on any atom is 1.00 e. The van der Waals surface area contributed by atoms with E-state index in [1.807, 2.05) is 30.3 Å². The number of benzene rings is 1. The Morgan fingerprint density at radius 1 is 1.36 bits per heavy atom. The van der Waals surface area contributed by atoms with E-state index in [0.717, 1.165) is 5.56 Å². The van der Waals surface area contributed by atoms with Gasteiger partial charge in [0.25, 0.3) is 0 Å². The van der Waals surface area contributed by atoms with E-state index in [0.29, 0.717) is 6.54 Å². The van der Waals surface area contributed by atoms with Gasteiger partial charge in [-0.05, 0) is 10.8 Å². The van der Waals surface area contributed by atoms with Crippen molar-refractivity contribution in [3.8, 4) is 0 Å². The molecule has 0 saturated heterocycles. The standard InChI is InChI=1S/C8H11N3O2.Na/c1-10(11(13)9-12)7-8-5-3-2-4-6-8;/h2-6,12H,7H2,1H3;/q;+1/p-1/b11-9-;. The Kier molecular flexibility index (Phi) is 6.27. The Labute approximate surface area is 104 Å². The van der Waals surface area contributed by atoms with Crippen molar-refractivity contribution in [2.45, 2.75) is 6.54 Å². The second-order valence-corrected chi connectivity index (χ2v) is 2.64. The van der Waals surface area contributed by atoms with Crippen molar-refractivity contribution in [1.82, 2.24) is 5.01 Å². The molecule has 0 saturated carbocycles. The van der Waals surface area contributed by atoms with Crippen LogP contribution in [0.25, 0.3) is 0 Å². The first-order valence-corrected chi connectivity index (χ1v) is 3.79. The maximum atomic E-state index is 10.7. The number of hydrogen-bond acceptors (Lipinski definition) is 3. The quantitative estimate of drug-likeness (QED) is 0.260. The molecule has 0 amide bonds. The molecule has 0 heterocycles. The van der Waals surface area contributed by atoms with Crippen LogP contribution in [0.5, 0.6) is 0 Å². The van der Waals surface area contributed by atoms with Gasteiger partial charge < -0.3 is 10.4 Å². The molecule has 0 aliphatic heterocycles. The third kappa shape index (κ3) is 3.95. The zero-order valence-electron chi connectivity index (χ0n) is 8.25. The van der Waals surface area contributed by atoms with Crippen molar-refractivity contribution in [3.63, 3.8) is 0 Å². The third-order valence-corrected chi connectivity index (χ3v) is 1.62. The molecule has 0 atom stereocenters. The molecule has 0 aliphatic carbocycles. The minimum Gasteiger partial charge on any atom is -0.737 e. The van der Waals surface area contributed by atoms with E-state index >= 15 is 0 Å². The minimum absolute atomic E-state index is 0. The molecule has 0 radical (unpaired) electrons. The molecule has 70 valence electrons. The molecular formula is C8H10N3NaO2. The summed E-state index contributed by atoms with van der Waals surface area (Å²) in [5, 5.41) is 24.0. The number of hydrogen-bond donors (Lipinski definition) is 0. The SMILES string of the molecule is CN(Cc1ccccc1)/[N+]([O-])=N/[O-].[Na+]. The van der Waals surface area contributed by atoms with Gasteiger partial charge in [-0.25, -0.2) is 0 Å². The van der Waals surface area contributed by atoms with Crippen LogP contribution in [-0.4, -0.2) is 17.0 Å². The van der Waals surface area contributed by atoms with Crippen LogP contribution >= 0.6 is 0 Å². The molecule has 14 heavy (non-hydrogen) atoms. The fourth-order valence-electron chi connectivity index (χ4n) is 0.970. The van der Waals surface area contributed by atoms with Crippen molar-refractivity contribution in [3.05, 3.63) is 46.3 Å². The molecule has 5 nitrogen and oxygen atoms in total. The first kappa shape index (κ1) is 13.2. The number of rotatable bonds is 3. The topological polar surface area (TPSA) is 64.7 Å². The van der Waals surface area contributed by atoms with Crippen LogP contribution in [-0.2, 0) is 6.54 Å². The van der Waals surface area contributed by atoms with Crippen molar-refractivity contribution < 1.29 is 34.5 Å². The largest absolute Gasteiger partial charge is 1.00 e. The summed E-state index contributed by atoms with van der Waals surface area (Å²) in [5.74, 6) is 0. The Bertz CT molecular complexity index is 292. The second kappa shape index (κ2) is 6.64. The predicted octanol–water partition coefficient (Wildman–Crippen LogP) is -1.50. The molecule has 0 bridgehead atoms. The maximum absolute atomic E-state index is 10.7. The van der Waals surface area contributed by atoms with Gasteiger partial charge in [-0.15, -0.1) is 5.01 Å². The van der Waals surface area contributed by atoms with Crippen LogP contribution in [0.4, 0.5) is 0 Å². The average Bonchev–Trinajstić information content (AvgIpc) is 2.18. The average molecular weight is 203 g/mol. The molecule has 0 spiro atoms. The van der Waals surface area contributed by atoms with E-state index < -0.39 is 0 Å². The van der Waals surface area contributed by atoms with Gasteiger partial charge in [-0.3, -0.25) is 0 Å². The van der Waals surface area contributed by atoms with Crippen LogP contribution in [0.2, 0.25) is 0 Å². The van der Waals surface area contributed by atoms with Crippen molar-refractivity contribution >= 4 is 0 Å². The molecule has 0 fully saturated rings. The summed E-state index contributed by atoms with van der Waals surface area (Å²) in [6, 6.07) is 9.36. The van der Waals surface area contributed by atoms with Gasteiger partial charge in [-0.2, -0.15) is 0 Å². The van der Waals surface area contributed by atoms with Gasteiger partial charge in [-0.1, -0.05) is 30.3 Å². The summed E-state index contributed by atoms with van der Waals surface area (Å²) < 4.78 is 0. The normalized spacial score (nSPS) is 10.5. The number of nitrogens with zero attached hydrogens (tertiary/aromatic N) is 3. The Hall–Kier alpha value is -0.780. The van der Waals surface area contributed by atoms with Crippen molar-refractivity contribution in [1.29, 1.82) is 0 Å². The van der Waals surface area contributed by atoms with E-state index in [1.54, 1.807) is 0 Å². The van der Waals surface area contributed by atoms with Gasteiger partial charge in [0.15, 0.2) is 0 Å². The number of hydrazine groups is 1. The Morgan fingerprint density at radius 2 is 1.93 bits per heavy atom. The van der Waals surface area contributed by atoms with Crippen molar-refractivity contribution in [2.24, 2.45) is 5.28 Å². The van der Waals surface area contributed by atoms with Crippen LogP contribution in [0.15, 0.2) is 35.6 Å². The first-order chi connectivity index (χ1) is 6.24. The zero-order chi connectivity index (χ0) is 9.68. The Balaban J connectivity index is 0.00000169. The fourth-order valence-corrected chi connectivity index (χ4v) is 0.970. The monoisotopic (exact) mass is 203 g/mol. The second-order valence-electron chi connectivity index (χ2n) is 2.64. The summed E-state index contributed by atoms with van der Waals surface area (Å²) in [6.45, 7) is 0.371. The molecule has 1 aromatic carbocycles. The summed E-state index contributed by atoms with van der Waals surface area (Å²) >= 11 is 0. The van der Waals surface area contributed by atoms with Crippen LogP contribution in [0, 0.1) is 10.4 Å². The van der Waals surface area contributed by atoms with Gasteiger partial charge in [0.05, 0.1) is 7.05 Å². The molecule has 1 aromatic rings. The molecular weight excluding hydrogens is 193 g/mol. The molecule has 0 aliphatic rings. The van der Waals surface area contributed by atoms with Crippen LogP contribution in [0.3, 0.4) is 0 Å². The van der Waals surface area contributed by atoms with Gasteiger partial charge >= 0.3 is 29.6 Å². The van der Waals surface area contributed by atoms with Gasteiger partial charge in [0.2, 0.25) is 0 Å². The summed E-state index contributed by atoms with van der Waals surface area (Å²) in [4.78, 5) is 0.0208. The summed E-state index contributed by atoms with van der Waals surface area (Å²) in [6.07, 6.45) is 0. The first-order valence-electron chi connectivity index (χ1n) is 3.79. The van der Waals surface area contributed by atoms with Gasteiger partial charge in [0.1, 0.15) is 6.54 Å². The molecule has 0 unspecified atom stereocenters. The molecule has 0 N–H and O–H groups in total. The van der Waals surface area contributed by atoms with E-state index in [9.17, 15) is 10.4 Å². The van der Waals surface area contributed by atoms with E-state index in [-0.39, 0.29) is 34.5 Å². The van der Waals surface area contributed by atoms with Crippen LogP contribution < -0.4 is 29.6 Å². The van der Waals surface area contributed by atoms with Gasteiger partial charge in [0, 0.05) is 4.97 Å². The van der Waals surface area contributed by atoms with E-state index in [4.69, 9.17) is 0 Å². The van der Waals surface area contributed by atoms with E-state index in [1.165, 1.54) is 12.1 Å². The molecule has 0 aromatic heterocycles.